The van der Waals surface area contributed by atoms with E-state index in [0.717, 1.165) is 36.0 Å². The second kappa shape index (κ2) is 5.23. The van der Waals surface area contributed by atoms with Crippen molar-refractivity contribution in [1.82, 2.24) is 4.90 Å². The molecule has 0 radical (unpaired) electrons. The van der Waals surface area contributed by atoms with Gasteiger partial charge in [-0.2, -0.15) is 0 Å². The van der Waals surface area contributed by atoms with Gasteiger partial charge in [-0.05, 0) is 74.0 Å². The molecule has 1 saturated heterocycles. The van der Waals surface area contributed by atoms with Gasteiger partial charge in [0.15, 0.2) is 10.9 Å². The van der Waals surface area contributed by atoms with Crippen LogP contribution in [0.1, 0.15) is 71.6 Å². The molecule has 144 valence electrons. The molecule has 3 nitrogen and oxygen atoms in total. The zero-order chi connectivity index (χ0) is 17.7. The number of nitrogens with zero attached hydrogens (tertiary/aromatic N) is 2. The topological polar surface area (TPSA) is 35.8 Å². The molecule has 4 aliphatic carbocycles. The Balaban J connectivity index is 1.37. The Hall–Kier alpha value is -0.220. The molecule has 4 saturated carbocycles. The van der Waals surface area contributed by atoms with Crippen molar-refractivity contribution in [3.8, 4) is 0 Å². The van der Waals surface area contributed by atoms with E-state index in [1.54, 1.807) is 0 Å². The highest BCUT2D eigenvalue weighted by Gasteiger charge is 2.72. The van der Waals surface area contributed by atoms with Crippen LogP contribution in [-0.2, 0) is 0 Å². The highest BCUT2D eigenvalue weighted by atomic mass is 32.2. The third-order valence-electron chi connectivity index (χ3n) is 10.2. The summed E-state index contributed by atoms with van der Waals surface area (Å²) in [5.74, 6) is 3.47. The van der Waals surface area contributed by atoms with E-state index in [4.69, 9.17) is 0 Å². The number of aliphatic imine (C=N–C) groups is 1. The van der Waals surface area contributed by atoms with Crippen LogP contribution in [0.5, 0.6) is 0 Å². The van der Waals surface area contributed by atoms with Crippen molar-refractivity contribution in [3.05, 3.63) is 0 Å². The Kier molecular flexibility index (Phi) is 3.36. The second-order valence-corrected chi connectivity index (χ2v) is 11.9. The normalized spacial score (nSPS) is 57.7. The number of thioether (sulfide) groups is 1. The number of hydrogen-bond acceptors (Lipinski definition) is 4. The maximum atomic E-state index is 12.1. The molecular formula is C22H34N2OS. The molecule has 6 aliphatic rings. The van der Waals surface area contributed by atoms with E-state index in [-0.39, 0.29) is 5.41 Å². The van der Waals surface area contributed by atoms with E-state index >= 15 is 0 Å². The number of fused-ring (bicyclic) bond motifs is 9. The molecular weight excluding hydrogens is 340 g/mol. The summed E-state index contributed by atoms with van der Waals surface area (Å²) in [7, 11) is 0. The van der Waals surface area contributed by atoms with Crippen LogP contribution >= 0.6 is 11.8 Å². The van der Waals surface area contributed by atoms with Crippen LogP contribution in [0.2, 0.25) is 0 Å². The third kappa shape index (κ3) is 1.76. The first-order valence-electron chi connectivity index (χ1n) is 11.2. The first-order chi connectivity index (χ1) is 12.5. The van der Waals surface area contributed by atoms with Crippen molar-refractivity contribution < 1.29 is 5.11 Å². The summed E-state index contributed by atoms with van der Waals surface area (Å²) >= 11 is 1.90. The highest BCUT2D eigenvalue weighted by molar-refractivity contribution is 8.14. The lowest BCUT2D eigenvalue weighted by Crippen LogP contribution is -2.62. The fourth-order valence-electron chi connectivity index (χ4n) is 8.85. The fraction of sp³-hybridized carbons (Fsp3) is 0.955. The van der Waals surface area contributed by atoms with Crippen LogP contribution < -0.4 is 0 Å². The molecule has 2 aliphatic heterocycles. The molecule has 0 unspecified atom stereocenters. The van der Waals surface area contributed by atoms with Crippen molar-refractivity contribution in [2.75, 3.05) is 13.1 Å². The minimum Gasteiger partial charge on any atom is -0.369 e. The van der Waals surface area contributed by atoms with Gasteiger partial charge in [-0.25, -0.2) is 0 Å². The smallest absolute Gasteiger partial charge is 0.162 e. The summed E-state index contributed by atoms with van der Waals surface area (Å²) < 4.78 is 0. The Morgan fingerprint density at radius 2 is 1.96 bits per heavy atom. The molecule has 0 aromatic rings. The average Bonchev–Trinajstić information content (AvgIpc) is 3.25. The van der Waals surface area contributed by atoms with Gasteiger partial charge in [0, 0.05) is 12.0 Å². The van der Waals surface area contributed by atoms with Crippen LogP contribution in [0.4, 0.5) is 0 Å². The van der Waals surface area contributed by atoms with E-state index in [9.17, 15) is 5.11 Å². The minimum atomic E-state index is -0.632. The lowest BCUT2D eigenvalue weighted by Gasteiger charge is -2.61. The number of aliphatic hydroxyl groups is 1. The number of rotatable bonds is 0. The lowest BCUT2D eigenvalue weighted by molar-refractivity contribution is -0.188. The number of amidine groups is 1. The molecule has 0 spiro atoms. The molecule has 6 rings (SSSR count). The molecule has 26 heavy (non-hydrogen) atoms. The van der Waals surface area contributed by atoms with Crippen molar-refractivity contribution in [1.29, 1.82) is 0 Å². The van der Waals surface area contributed by atoms with Crippen LogP contribution in [0.25, 0.3) is 0 Å². The molecule has 0 bridgehead atoms. The third-order valence-corrected chi connectivity index (χ3v) is 11.6. The zero-order valence-corrected chi connectivity index (χ0v) is 17.2. The van der Waals surface area contributed by atoms with Crippen molar-refractivity contribution >= 4 is 16.9 Å². The summed E-state index contributed by atoms with van der Waals surface area (Å²) in [6.45, 7) is 6.92. The molecule has 8 atom stereocenters. The monoisotopic (exact) mass is 374 g/mol. The molecule has 1 N–H and O–H groups in total. The standard InChI is InChI=1S/C22H34N2OS/c1-20-9-4-3-5-14(20)6-7-15-16(20)8-10-21(2)17(15)13-18-22(21,25)24-12-11-23-19(24)26-18/h14-18,25H,3-13H2,1-2H3/t14-,15-,16+,17-,18-,20+,21+,22+/m1/s1. The maximum absolute atomic E-state index is 12.1. The Bertz CT molecular complexity index is 667. The van der Waals surface area contributed by atoms with Gasteiger partial charge in [-0.1, -0.05) is 38.5 Å². The van der Waals surface area contributed by atoms with Crippen LogP contribution in [-0.4, -0.2) is 39.2 Å². The molecule has 0 amide bonds. The predicted molar refractivity (Wildman–Crippen MR) is 107 cm³/mol. The van der Waals surface area contributed by atoms with Gasteiger partial charge in [-0.3, -0.25) is 4.99 Å². The van der Waals surface area contributed by atoms with Crippen LogP contribution in [0.15, 0.2) is 4.99 Å². The SMILES string of the molecule is C[C@]12CCCC[C@@H]1CC[C@H]1[C@H]3C[C@H]4SC5=NCCN5[C@@]4(O)[C@@]3(C)CC[C@@H]12. The quantitative estimate of drug-likeness (QED) is 0.678. The Morgan fingerprint density at radius 1 is 1.08 bits per heavy atom. The highest BCUT2D eigenvalue weighted by Crippen LogP contribution is 2.71. The lowest BCUT2D eigenvalue weighted by atomic mass is 9.45. The fourth-order valence-corrected chi connectivity index (χ4v) is 10.5. The van der Waals surface area contributed by atoms with E-state index in [0.29, 0.717) is 16.6 Å². The van der Waals surface area contributed by atoms with Crippen LogP contribution in [0, 0.1) is 34.5 Å². The Morgan fingerprint density at radius 3 is 2.85 bits per heavy atom. The largest absolute Gasteiger partial charge is 0.369 e. The first kappa shape index (κ1) is 16.7. The van der Waals surface area contributed by atoms with Crippen molar-refractivity contribution in [2.24, 2.45) is 39.5 Å². The molecule has 4 heteroatoms. The van der Waals surface area contributed by atoms with Gasteiger partial charge >= 0.3 is 0 Å². The minimum absolute atomic E-state index is 0.0608. The number of hydrogen-bond donors (Lipinski definition) is 1. The summed E-state index contributed by atoms with van der Waals surface area (Å²) in [5, 5.41) is 13.6. The van der Waals surface area contributed by atoms with Gasteiger partial charge in [-0.15, -0.1) is 0 Å². The van der Waals surface area contributed by atoms with E-state index in [2.05, 4.69) is 23.7 Å². The Labute approximate surface area is 162 Å². The molecule has 0 aromatic heterocycles. The molecule has 5 fully saturated rings. The van der Waals surface area contributed by atoms with E-state index in [1.807, 2.05) is 11.8 Å². The maximum Gasteiger partial charge on any atom is 0.162 e. The summed E-state index contributed by atoms with van der Waals surface area (Å²) in [6, 6.07) is 0. The molecule has 0 aromatic carbocycles. The summed E-state index contributed by atoms with van der Waals surface area (Å²) in [4.78, 5) is 7.00. The van der Waals surface area contributed by atoms with Crippen LogP contribution in [0.3, 0.4) is 0 Å². The predicted octanol–water partition coefficient (Wildman–Crippen LogP) is 4.50. The second-order valence-electron chi connectivity index (χ2n) is 10.7. The summed E-state index contributed by atoms with van der Waals surface area (Å²) in [6.07, 6.45) is 12.5. The van der Waals surface area contributed by atoms with Gasteiger partial charge in [0.25, 0.3) is 0 Å². The van der Waals surface area contributed by atoms with Gasteiger partial charge in [0.2, 0.25) is 0 Å². The van der Waals surface area contributed by atoms with Gasteiger partial charge in [0.1, 0.15) is 0 Å². The average molecular weight is 375 g/mol. The van der Waals surface area contributed by atoms with Gasteiger partial charge in [0.05, 0.1) is 11.8 Å². The molecule has 2 heterocycles. The van der Waals surface area contributed by atoms with E-state index in [1.165, 1.54) is 57.8 Å². The summed E-state index contributed by atoms with van der Waals surface area (Å²) in [5.41, 5.74) is 0.0223. The first-order valence-corrected chi connectivity index (χ1v) is 12.1. The van der Waals surface area contributed by atoms with Crippen molar-refractivity contribution in [3.63, 3.8) is 0 Å². The van der Waals surface area contributed by atoms with E-state index < -0.39 is 5.72 Å². The van der Waals surface area contributed by atoms with Crippen molar-refractivity contribution in [2.45, 2.75) is 82.6 Å². The van der Waals surface area contributed by atoms with Gasteiger partial charge < -0.3 is 10.0 Å². The zero-order valence-electron chi connectivity index (χ0n) is 16.4.